The Morgan fingerprint density at radius 1 is 1.60 bits per heavy atom. The molecule has 1 aliphatic heterocycles. The monoisotopic (exact) mass is 229 g/mol. The van der Waals surface area contributed by atoms with Gasteiger partial charge in [0.15, 0.2) is 5.15 Å². The Kier molecular flexibility index (Phi) is 3.23. The lowest BCUT2D eigenvalue weighted by Crippen LogP contribution is -2.17. The molecule has 2 heterocycles. The number of rotatable bonds is 3. The molecular formula is C9H12ClN3O2. The molecule has 82 valence electrons. The van der Waals surface area contributed by atoms with Crippen molar-refractivity contribution in [2.75, 3.05) is 18.9 Å². The Bertz CT molecular complexity index is 342. The minimum Gasteiger partial charge on any atom is -0.473 e. The van der Waals surface area contributed by atoms with Gasteiger partial charge in [-0.1, -0.05) is 11.6 Å². The van der Waals surface area contributed by atoms with Gasteiger partial charge in [-0.05, 0) is 12.8 Å². The summed E-state index contributed by atoms with van der Waals surface area (Å²) in [5.41, 5.74) is 5.92. The molecule has 5 nitrogen and oxygen atoms in total. The number of anilines is 1. The van der Waals surface area contributed by atoms with Gasteiger partial charge in [0.1, 0.15) is 18.6 Å². The van der Waals surface area contributed by atoms with Gasteiger partial charge >= 0.3 is 0 Å². The van der Waals surface area contributed by atoms with E-state index in [0.29, 0.717) is 12.5 Å². The van der Waals surface area contributed by atoms with Crippen LogP contribution in [0, 0.1) is 0 Å². The van der Waals surface area contributed by atoms with Crippen molar-refractivity contribution in [3.63, 3.8) is 0 Å². The second-order valence-electron chi connectivity index (χ2n) is 3.33. The van der Waals surface area contributed by atoms with Crippen molar-refractivity contribution < 1.29 is 9.47 Å². The van der Waals surface area contributed by atoms with Gasteiger partial charge in [-0.2, -0.15) is 4.98 Å². The van der Waals surface area contributed by atoms with E-state index >= 15 is 0 Å². The molecule has 1 atom stereocenters. The van der Waals surface area contributed by atoms with Crippen LogP contribution in [0.5, 0.6) is 5.88 Å². The first-order valence-electron chi connectivity index (χ1n) is 4.77. The Morgan fingerprint density at radius 3 is 3.20 bits per heavy atom. The third kappa shape index (κ3) is 2.49. The summed E-state index contributed by atoms with van der Waals surface area (Å²) in [7, 11) is 0. The third-order valence-corrected chi connectivity index (χ3v) is 2.53. The number of nitrogens with zero attached hydrogens (tertiary/aromatic N) is 2. The quantitative estimate of drug-likeness (QED) is 0.791. The first-order chi connectivity index (χ1) is 7.27. The number of nitrogen functional groups attached to an aromatic ring is 1. The molecule has 6 heteroatoms. The molecule has 1 aromatic rings. The van der Waals surface area contributed by atoms with Crippen LogP contribution in [0.15, 0.2) is 6.33 Å². The first kappa shape index (κ1) is 10.4. The van der Waals surface area contributed by atoms with Gasteiger partial charge in [0, 0.05) is 6.61 Å². The Morgan fingerprint density at radius 2 is 2.47 bits per heavy atom. The normalized spacial score (nSPS) is 20.5. The fourth-order valence-corrected chi connectivity index (χ4v) is 1.55. The maximum Gasteiger partial charge on any atom is 0.242 e. The molecule has 0 aliphatic carbocycles. The Labute approximate surface area is 92.6 Å². The standard InChI is InChI=1S/C9H12ClN3O2/c10-8-7(11)9(13-5-12-8)15-4-6-2-1-3-14-6/h5-6H,1-4,11H2. The highest BCUT2D eigenvalue weighted by Crippen LogP contribution is 2.24. The molecule has 1 unspecified atom stereocenters. The summed E-state index contributed by atoms with van der Waals surface area (Å²) in [6, 6.07) is 0. The maximum absolute atomic E-state index is 5.72. The molecule has 0 amide bonds. The van der Waals surface area contributed by atoms with Gasteiger partial charge in [-0.25, -0.2) is 4.98 Å². The number of nitrogens with two attached hydrogens (primary N) is 1. The number of ether oxygens (including phenoxy) is 2. The van der Waals surface area contributed by atoms with Gasteiger partial charge in [-0.3, -0.25) is 0 Å². The van der Waals surface area contributed by atoms with Crippen molar-refractivity contribution in [3.8, 4) is 5.88 Å². The van der Waals surface area contributed by atoms with Crippen molar-refractivity contribution in [2.45, 2.75) is 18.9 Å². The summed E-state index contributed by atoms with van der Waals surface area (Å²) in [5.74, 6) is 0.325. The van der Waals surface area contributed by atoms with Crippen molar-refractivity contribution in [1.29, 1.82) is 0 Å². The molecule has 0 bridgehead atoms. The zero-order valence-electron chi connectivity index (χ0n) is 8.15. The van der Waals surface area contributed by atoms with E-state index in [-0.39, 0.29) is 16.9 Å². The van der Waals surface area contributed by atoms with Gasteiger partial charge in [-0.15, -0.1) is 0 Å². The number of aromatic nitrogens is 2. The Hall–Kier alpha value is -1.07. The molecule has 2 N–H and O–H groups in total. The number of hydrogen-bond donors (Lipinski definition) is 1. The highest BCUT2D eigenvalue weighted by Gasteiger charge is 2.17. The average molecular weight is 230 g/mol. The summed E-state index contributed by atoms with van der Waals surface area (Å²) in [4.78, 5) is 7.64. The fraction of sp³-hybridized carbons (Fsp3) is 0.556. The topological polar surface area (TPSA) is 70.3 Å². The predicted molar refractivity (Wildman–Crippen MR) is 55.9 cm³/mol. The van der Waals surface area contributed by atoms with Crippen LogP contribution in [0.4, 0.5) is 5.69 Å². The molecule has 0 aromatic carbocycles. The van der Waals surface area contributed by atoms with Crippen molar-refractivity contribution in [2.24, 2.45) is 0 Å². The lowest BCUT2D eigenvalue weighted by Gasteiger charge is -2.11. The lowest BCUT2D eigenvalue weighted by molar-refractivity contribution is 0.0666. The van der Waals surface area contributed by atoms with Crippen molar-refractivity contribution in [3.05, 3.63) is 11.5 Å². The fourth-order valence-electron chi connectivity index (χ4n) is 1.42. The van der Waals surface area contributed by atoms with Gasteiger partial charge < -0.3 is 15.2 Å². The highest BCUT2D eigenvalue weighted by molar-refractivity contribution is 6.32. The van der Waals surface area contributed by atoms with Crippen LogP contribution in [0.2, 0.25) is 5.15 Å². The van der Waals surface area contributed by atoms with E-state index in [2.05, 4.69) is 9.97 Å². The van der Waals surface area contributed by atoms with Crippen LogP contribution in [-0.4, -0.2) is 29.3 Å². The largest absolute Gasteiger partial charge is 0.473 e. The second kappa shape index (κ2) is 4.63. The van der Waals surface area contributed by atoms with Crippen LogP contribution >= 0.6 is 11.6 Å². The predicted octanol–water partition coefficient (Wildman–Crippen LogP) is 1.27. The van der Waals surface area contributed by atoms with E-state index in [1.165, 1.54) is 6.33 Å². The molecular weight excluding hydrogens is 218 g/mol. The smallest absolute Gasteiger partial charge is 0.242 e. The van der Waals surface area contributed by atoms with E-state index in [0.717, 1.165) is 19.4 Å². The molecule has 0 saturated carbocycles. The van der Waals surface area contributed by atoms with Crippen LogP contribution in [0.3, 0.4) is 0 Å². The number of hydrogen-bond acceptors (Lipinski definition) is 5. The van der Waals surface area contributed by atoms with E-state index in [1.54, 1.807) is 0 Å². The SMILES string of the molecule is Nc1c(Cl)ncnc1OCC1CCCO1. The van der Waals surface area contributed by atoms with Crippen molar-refractivity contribution in [1.82, 2.24) is 9.97 Å². The molecule has 1 aromatic heterocycles. The summed E-state index contributed by atoms with van der Waals surface area (Å²) >= 11 is 5.72. The summed E-state index contributed by atoms with van der Waals surface area (Å²) in [6.07, 6.45) is 3.55. The molecule has 1 aliphatic rings. The average Bonchev–Trinajstić information content (AvgIpc) is 2.73. The molecule has 1 saturated heterocycles. The zero-order valence-corrected chi connectivity index (χ0v) is 8.91. The molecule has 1 fully saturated rings. The maximum atomic E-state index is 5.72. The minimum absolute atomic E-state index is 0.137. The third-order valence-electron chi connectivity index (χ3n) is 2.23. The molecule has 0 spiro atoms. The first-order valence-corrected chi connectivity index (χ1v) is 5.15. The van der Waals surface area contributed by atoms with Crippen LogP contribution in [-0.2, 0) is 4.74 Å². The van der Waals surface area contributed by atoms with Crippen LogP contribution in [0.25, 0.3) is 0 Å². The van der Waals surface area contributed by atoms with E-state index in [9.17, 15) is 0 Å². The zero-order chi connectivity index (χ0) is 10.7. The van der Waals surface area contributed by atoms with E-state index < -0.39 is 0 Å². The Balaban J connectivity index is 1.95. The van der Waals surface area contributed by atoms with Crippen molar-refractivity contribution >= 4 is 17.3 Å². The lowest BCUT2D eigenvalue weighted by atomic mass is 10.2. The van der Waals surface area contributed by atoms with Gasteiger partial charge in [0.05, 0.1) is 6.10 Å². The molecule has 0 radical (unpaired) electrons. The molecule has 2 rings (SSSR count). The van der Waals surface area contributed by atoms with E-state index in [1.807, 2.05) is 0 Å². The highest BCUT2D eigenvalue weighted by atomic mass is 35.5. The molecule has 15 heavy (non-hydrogen) atoms. The van der Waals surface area contributed by atoms with Gasteiger partial charge in [0.25, 0.3) is 0 Å². The van der Waals surface area contributed by atoms with Gasteiger partial charge in [0.2, 0.25) is 5.88 Å². The van der Waals surface area contributed by atoms with E-state index in [4.69, 9.17) is 26.8 Å². The summed E-state index contributed by atoms with van der Waals surface area (Å²) < 4.78 is 10.8. The van der Waals surface area contributed by atoms with Crippen LogP contribution < -0.4 is 10.5 Å². The minimum atomic E-state index is 0.137. The number of halogens is 1. The van der Waals surface area contributed by atoms with Crippen LogP contribution in [0.1, 0.15) is 12.8 Å². The second-order valence-corrected chi connectivity index (χ2v) is 3.69. The summed E-state index contributed by atoms with van der Waals surface area (Å²) in [6.45, 7) is 1.26. The summed E-state index contributed by atoms with van der Waals surface area (Å²) in [5, 5.41) is 0.215.